The second kappa shape index (κ2) is 5.61. The number of aliphatic hydroxyl groups is 1. The lowest BCUT2D eigenvalue weighted by Gasteiger charge is -2.26. The van der Waals surface area contributed by atoms with E-state index >= 15 is 0 Å². The summed E-state index contributed by atoms with van der Waals surface area (Å²) in [6, 6.07) is 2.10. The van der Waals surface area contributed by atoms with Crippen LogP contribution in [0.3, 0.4) is 0 Å². The van der Waals surface area contributed by atoms with Gasteiger partial charge in [0, 0.05) is 17.0 Å². The van der Waals surface area contributed by atoms with Gasteiger partial charge in [-0.15, -0.1) is 11.3 Å². The quantitative estimate of drug-likeness (QED) is 0.830. The van der Waals surface area contributed by atoms with E-state index in [4.69, 9.17) is 16.7 Å². The lowest BCUT2D eigenvalue weighted by atomic mass is 10.0. The van der Waals surface area contributed by atoms with Gasteiger partial charge in [0.05, 0.1) is 5.39 Å². The maximum absolute atomic E-state index is 9.09. The van der Waals surface area contributed by atoms with Crippen molar-refractivity contribution in [1.82, 2.24) is 9.97 Å². The van der Waals surface area contributed by atoms with Crippen LogP contribution < -0.4 is 5.32 Å². The number of thiophene rings is 1. The van der Waals surface area contributed by atoms with Crippen molar-refractivity contribution in [3.63, 3.8) is 0 Å². The van der Waals surface area contributed by atoms with Crippen LogP contribution in [0.5, 0.6) is 0 Å². The fourth-order valence-electron chi connectivity index (χ4n) is 1.88. The van der Waals surface area contributed by atoms with Crippen molar-refractivity contribution < 1.29 is 5.11 Å². The van der Waals surface area contributed by atoms with Crippen molar-refractivity contribution in [2.24, 2.45) is 0 Å². The van der Waals surface area contributed by atoms with Crippen molar-refractivity contribution in [2.75, 3.05) is 11.9 Å². The highest BCUT2D eigenvalue weighted by Crippen LogP contribution is 2.32. The maximum atomic E-state index is 9.09. The zero-order valence-corrected chi connectivity index (χ0v) is 12.9. The normalized spacial score (nSPS) is 12.1. The first kappa shape index (κ1) is 14.5. The first-order chi connectivity index (χ1) is 8.95. The number of hydrogen-bond acceptors (Lipinski definition) is 5. The van der Waals surface area contributed by atoms with Gasteiger partial charge in [-0.1, -0.05) is 6.92 Å². The molecule has 0 aliphatic rings. The lowest BCUT2D eigenvalue weighted by Crippen LogP contribution is -2.32. The number of nitrogens with zero attached hydrogens (tertiary/aromatic N) is 2. The Morgan fingerprint density at radius 3 is 2.79 bits per heavy atom. The smallest absolute Gasteiger partial charge is 0.225 e. The first-order valence-electron chi connectivity index (χ1n) is 6.30. The molecule has 0 saturated carbocycles. The molecule has 0 spiro atoms. The first-order valence-corrected chi connectivity index (χ1v) is 7.49. The molecule has 2 rings (SSSR count). The van der Waals surface area contributed by atoms with E-state index < -0.39 is 0 Å². The summed E-state index contributed by atoms with van der Waals surface area (Å²) in [5.74, 6) is 0.740. The van der Waals surface area contributed by atoms with Crippen molar-refractivity contribution in [3.05, 3.63) is 16.2 Å². The Labute approximate surface area is 121 Å². The van der Waals surface area contributed by atoms with Gasteiger partial charge in [0.1, 0.15) is 10.6 Å². The molecule has 0 saturated heterocycles. The summed E-state index contributed by atoms with van der Waals surface area (Å²) in [6.45, 7) is 6.30. The molecule has 0 fully saturated rings. The molecule has 0 aliphatic heterocycles. The van der Waals surface area contributed by atoms with Gasteiger partial charge in [-0.25, -0.2) is 9.97 Å². The molecule has 0 atom stereocenters. The second-order valence-corrected chi connectivity index (χ2v) is 6.56. The fourth-order valence-corrected chi connectivity index (χ4v) is 3.06. The molecule has 0 aromatic carbocycles. The van der Waals surface area contributed by atoms with E-state index in [0.717, 1.165) is 22.5 Å². The van der Waals surface area contributed by atoms with Gasteiger partial charge in [-0.3, -0.25) is 0 Å². The van der Waals surface area contributed by atoms with Gasteiger partial charge < -0.3 is 10.4 Å². The Morgan fingerprint density at radius 1 is 1.42 bits per heavy atom. The molecule has 0 aliphatic carbocycles. The molecule has 2 aromatic rings. The van der Waals surface area contributed by atoms with E-state index in [2.05, 4.69) is 28.3 Å². The van der Waals surface area contributed by atoms with Crippen LogP contribution in [-0.4, -0.2) is 27.2 Å². The van der Waals surface area contributed by atoms with Gasteiger partial charge in [-0.05, 0) is 44.4 Å². The minimum atomic E-state index is -0.242. The van der Waals surface area contributed by atoms with Crippen LogP contribution in [0, 0.1) is 0 Å². The van der Waals surface area contributed by atoms with Crippen LogP contribution in [0.15, 0.2) is 6.07 Å². The highest BCUT2D eigenvalue weighted by Gasteiger charge is 2.20. The predicted octanol–water partition coefficient (Wildman–Crippen LogP) is 3.48. The highest BCUT2D eigenvalue weighted by atomic mass is 35.5. The molecular formula is C13H18ClN3OS. The molecule has 2 N–H and O–H groups in total. The number of nitrogens with one attached hydrogen (secondary N) is 1. The number of aromatic nitrogens is 2. The monoisotopic (exact) mass is 299 g/mol. The lowest BCUT2D eigenvalue weighted by molar-refractivity contribution is 0.260. The molecule has 0 bridgehead atoms. The van der Waals surface area contributed by atoms with E-state index in [1.54, 1.807) is 11.3 Å². The molecule has 6 heteroatoms. The van der Waals surface area contributed by atoms with E-state index in [1.807, 2.05) is 13.8 Å². The summed E-state index contributed by atoms with van der Waals surface area (Å²) in [5.41, 5.74) is -0.242. The molecule has 0 amide bonds. The Balaban J connectivity index is 2.44. The van der Waals surface area contributed by atoms with Gasteiger partial charge in [0.2, 0.25) is 5.28 Å². The molecule has 2 aromatic heterocycles. The zero-order valence-electron chi connectivity index (χ0n) is 11.3. The number of aryl methyl sites for hydroxylation is 1. The number of rotatable bonds is 5. The molecule has 4 nitrogen and oxygen atoms in total. The zero-order chi connectivity index (χ0) is 14.0. The summed E-state index contributed by atoms with van der Waals surface area (Å²) in [7, 11) is 0. The topological polar surface area (TPSA) is 58.0 Å². The number of anilines is 1. The summed E-state index contributed by atoms with van der Waals surface area (Å²) in [6.07, 6.45) is 1.61. The fraction of sp³-hybridized carbons (Fsp3) is 0.538. The number of aliphatic hydroxyl groups excluding tert-OH is 1. The van der Waals surface area contributed by atoms with Gasteiger partial charge >= 0.3 is 0 Å². The van der Waals surface area contributed by atoms with Gasteiger partial charge in [-0.2, -0.15) is 0 Å². The van der Waals surface area contributed by atoms with Crippen molar-refractivity contribution >= 4 is 39.0 Å². The number of fused-ring (bicyclic) bond motifs is 1. The summed E-state index contributed by atoms with van der Waals surface area (Å²) in [4.78, 5) is 10.7. The maximum Gasteiger partial charge on any atom is 0.225 e. The third-order valence-corrected chi connectivity index (χ3v) is 4.30. The molecule has 0 unspecified atom stereocenters. The van der Waals surface area contributed by atoms with Crippen LogP contribution in [-0.2, 0) is 6.42 Å². The second-order valence-electron chi connectivity index (χ2n) is 5.11. The Kier molecular flexibility index (Phi) is 4.28. The average molecular weight is 300 g/mol. The third-order valence-electron chi connectivity index (χ3n) is 2.96. The minimum Gasteiger partial charge on any atom is -0.396 e. The largest absolute Gasteiger partial charge is 0.396 e. The van der Waals surface area contributed by atoms with E-state index in [0.29, 0.717) is 6.42 Å². The molecular weight excluding hydrogens is 282 g/mol. The third kappa shape index (κ3) is 3.35. The van der Waals surface area contributed by atoms with E-state index in [-0.39, 0.29) is 17.4 Å². The summed E-state index contributed by atoms with van der Waals surface area (Å²) in [5, 5.41) is 13.7. The van der Waals surface area contributed by atoms with Crippen molar-refractivity contribution in [2.45, 2.75) is 39.2 Å². The van der Waals surface area contributed by atoms with Crippen LogP contribution in [0.1, 0.15) is 32.1 Å². The van der Waals surface area contributed by atoms with Crippen molar-refractivity contribution in [1.29, 1.82) is 0 Å². The molecule has 104 valence electrons. The van der Waals surface area contributed by atoms with Gasteiger partial charge in [0.15, 0.2) is 0 Å². The summed E-state index contributed by atoms with van der Waals surface area (Å²) < 4.78 is 0. The van der Waals surface area contributed by atoms with Crippen LogP contribution in [0.25, 0.3) is 10.2 Å². The van der Waals surface area contributed by atoms with Crippen molar-refractivity contribution in [3.8, 4) is 0 Å². The molecule has 0 radical (unpaired) electrons. The molecule has 2 heterocycles. The number of halogens is 1. The standard InChI is InChI=1S/C13H18ClN3OS/c1-4-8-7-9-10(17-13(2,3)5-6-18)15-12(14)16-11(9)19-8/h7,18H,4-6H2,1-3H3,(H,15,16,17). The van der Waals surface area contributed by atoms with E-state index in [1.165, 1.54) is 4.88 Å². The number of hydrogen-bond donors (Lipinski definition) is 2. The molecule has 19 heavy (non-hydrogen) atoms. The highest BCUT2D eigenvalue weighted by molar-refractivity contribution is 7.18. The Bertz CT molecular complexity index is 583. The Morgan fingerprint density at radius 2 is 2.16 bits per heavy atom. The Hall–Kier alpha value is -0.910. The SMILES string of the molecule is CCc1cc2c(NC(C)(C)CCO)nc(Cl)nc2s1. The average Bonchev–Trinajstić information content (AvgIpc) is 2.71. The van der Waals surface area contributed by atoms with Gasteiger partial charge in [0.25, 0.3) is 0 Å². The van der Waals surface area contributed by atoms with Crippen LogP contribution in [0.2, 0.25) is 5.28 Å². The minimum absolute atomic E-state index is 0.131. The van der Waals surface area contributed by atoms with E-state index in [9.17, 15) is 0 Å². The summed E-state index contributed by atoms with van der Waals surface area (Å²) >= 11 is 7.62. The predicted molar refractivity (Wildman–Crippen MR) is 81.2 cm³/mol. The van der Waals surface area contributed by atoms with Crippen LogP contribution >= 0.6 is 22.9 Å². The van der Waals surface area contributed by atoms with Crippen LogP contribution in [0.4, 0.5) is 5.82 Å².